The number of alkyl halides is 3. The van der Waals surface area contributed by atoms with Gasteiger partial charge in [0.2, 0.25) is 0 Å². The van der Waals surface area contributed by atoms with Crippen LogP contribution in [0.3, 0.4) is 0 Å². The van der Waals surface area contributed by atoms with Gasteiger partial charge in [0.25, 0.3) is 5.91 Å². The lowest BCUT2D eigenvalue weighted by atomic mass is 9.96. The highest BCUT2D eigenvalue weighted by Crippen LogP contribution is 2.35. The van der Waals surface area contributed by atoms with Gasteiger partial charge in [0.1, 0.15) is 5.01 Å². The number of aromatic nitrogens is 2. The van der Waals surface area contributed by atoms with E-state index in [1.807, 2.05) is 6.07 Å². The quantitative estimate of drug-likeness (QED) is 0.624. The van der Waals surface area contributed by atoms with Crippen molar-refractivity contribution in [1.29, 1.82) is 0 Å². The van der Waals surface area contributed by atoms with E-state index >= 15 is 0 Å². The molecule has 4 rings (SSSR count). The first-order valence-electron chi connectivity index (χ1n) is 8.76. The Morgan fingerprint density at radius 2 is 1.86 bits per heavy atom. The van der Waals surface area contributed by atoms with Crippen LogP contribution in [-0.4, -0.2) is 34.1 Å². The normalized spacial score (nSPS) is 15.8. The lowest BCUT2D eigenvalue weighted by molar-refractivity contribution is -0.138. The molecule has 3 aromatic rings. The molecule has 0 atom stereocenters. The highest BCUT2D eigenvalue weighted by molar-refractivity contribution is 7.14. The first-order chi connectivity index (χ1) is 13.4. The molecule has 28 heavy (non-hydrogen) atoms. The lowest BCUT2D eigenvalue weighted by Gasteiger charge is -2.31. The summed E-state index contributed by atoms with van der Waals surface area (Å²) in [5.41, 5.74) is -1.20. The molecular formula is C19H16F3N3O2S. The molecule has 1 aliphatic heterocycles. The fourth-order valence-corrected chi connectivity index (χ4v) is 4.30. The number of likely N-dealkylation sites (tertiary alicyclic amines) is 1. The van der Waals surface area contributed by atoms with Crippen molar-refractivity contribution >= 4 is 17.2 Å². The number of nitrogens with zero attached hydrogens (tertiary/aromatic N) is 3. The van der Waals surface area contributed by atoms with Gasteiger partial charge in [0.15, 0.2) is 10.8 Å². The van der Waals surface area contributed by atoms with Crippen LogP contribution in [0.1, 0.15) is 39.7 Å². The zero-order valence-electron chi connectivity index (χ0n) is 14.6. The number of furan rings is 1. The van der Waals surface area contributed by atoms with Gasteiger partial charge in [-0.2, -0.15) is 13.2 Å². The topological polar surface area (TPSA) is 59.2 Å². The number of rotatable bonds is 3. The number of halogens is 3. The Labute approximate surface area is 162 Å². The standard InChI is InChI=1S/C19H16F3N3O2S/c20-19(21,22)14-5-2-1-4-13(14)18(26)25-9-7-12(8-10-25)16-23-24-17(28-16)15-6-3-11-27-15/h1-6,11-12H,7-10H2. The van der Waals surface area contributed by atoms with Crippen molar-refractivity contribution in [3.8, 4) is 10.8 Å². The fraction of sp³-hybridized carbons (Fsp3) is 0.316. The van der Waals surface area contributed by atoms with Crippen molar-refractivity contribution in [2.75, 3.05) is 13.1 Å². The maximum absolute atomic E-state index is 13.2. The van der Waals surface area contributed by atoms with Crippen molar-refractivity contribution in [2.45, 2.75) is 24.9 Å². The van der Waals surface area contributed by atoms with Gasteiger partial charge in [0.05, 0.1) is 17.4 Å². The summed E-state index contributed by atoms with van der Waals surface area (Å²) in [6.45, 7) is 0.761. The van der Waals surface area contributed by atoms with Crippen LogP contribution in [0.15, 0.2) is 47.1 Å². The Hall–Kier alpha value is -2.68. The van der Waals surface area contributed by atoms with Gasteiger partial charge in [-0.1, -0.05) is 23.5 Å². The molecule has 0 radical (unpaired) electrons. The monoisotopic (exact) mass is 407 g/mol. The predicted molar refractivity (Wildman–Crippen MR) is 96.9 cm³/mol. The second-order valence-corrected chi connectivity index (χ2v) is 7.54. The van der Waals surface area contributed by atoms with Crippen LogP contribution in [0, 0.1) is 0 Å². The number of hydrogen-bond donors (Lipinski definition) is 0. The summed E-state index contributed by atoms with van der Waals surface area (Å²) in [5.74, 6) is 0.197. The molecule has 0 unspecified atom stereocenters. The Balaban J connectivity index is 1.44. The smallest absolute Gasteiger partial charge is 0.417 e. The number of benzene rings is 1. The third kappa shape index (κ3) is 3.66. The highest BCUT2D eigenvalue weighted by Gasteiger charge is 2.36. The zero-order valence-corrected chi connectivity index (χ0v) is 15.5. The number of carbonyl (C=O) groups is 1. The molecule has 0 spiro atoms. The molecule has 1 aromatic carbocycles. The van der Waals surface area contributed by atoms with E-state index in [9.17, 15) is 18.0 Å². The first kappa shape index (κ1) is 18.7. The average Bonchev–Trinajstić information content (AvgIpc) is 3.38. The molecule has 5 nitrogen and oxygen atoms in total. The molecule has 1 amide bonds. The van der Waals surface area contributed by atoms with E-state index in [0.717, 1.165) is 11.1 Å². The van der Waals surface area contributed by atoms with Gasteiger partial charge in [-0.15, -0.1) is 10.2 Å². The van der Waals surface area contributed by atoms with Gasteiger partial charge in [0, 0.05) is 19.0 Å². The van der Waals surface area contributed by atoms with Gasteiger partial charge in [-0.05, 0) is 37.1 Å². The summed E-state index contributed by atoms with van der Waals surface area (Å²) in [7, 11) is 0. The first-order valence-corrected chi connectivity index (χ1v) is 9.58. The van der Waals surface area contributed by atoms with Crippen molar-refractivity contribution < 1.29 is 22.4 Å². The van der Waals surface area contributed by atoms with Crippen LogP contribution >= 0.6 is 11.3 Å². The van der Waals surface area contributed by atoms with E-state index < -0.39 is 17.6 Å². The molecule has 2 aromatic heterocycles. The Kier molecular flexibility index (Phi) is 4.92. The molecule has 3 heterocycles. The number of piperidine rings is 1. The van der Waals surface area contributed by atoms with Crippen LogP contribution in [0.4, 0.5) is 13.2 Å². The molecular weight excluding hydrogens is 391 g/mol. The van der Waals surface area contributed by atoms with E-state index in [2.05, 4.69) is 10.2 Å². The van der Waals surface area contributed by atoms with E-state index in [1.165, 1.54) is 34.4 Å². The molecule has 1 fully saturated rings. The summed E-state index contributed by atoms with van der Waals surface area (Å²) < 4.78 is 44.9. The SMILES string of the molecule is O=C(c1ccccc1C(F)(F)F)N1CCC(c2nnc(-c3ccco3)s2)CC1. The van der Waals surface area contributed by atoms with Gasteiger partial charge in [-0.3, -0.25) is 4.79 Å². The molecule has 0 bridgehead atoms. The second-order valence-electron chi connectivity index (χ2n) is 6.53. The second kappa shape index (κ2) is 7.38. The van der Waals surface area contributed by atoms with Crippen molar-refractivity contribution in [2.24, 2.45) is 0 Å². The molecule has 0 aliphatic carbocycles. The Morgan fingerprint density at radius 3 is 2.54 bits per heavy atom. The summed E-state index contributed by atoms with van der Waals surface area (Å²) >= 11 is 1.44. The molecule has 1 saturated heterocycles. The van der Waals surface area contributed by atoms with Crippen molar-refractivity contribution in [3.63, 3.8) is 0 Å². The average molecular weight is 407 g/mol. The van der Waals surface area contributed by atoms with E-state index in [1.54, 1.807) is 12.3 Å². The minimum Gasteiger partial charge on any atom is -0.462 e. The van der Waals surface area contributed by atoms with Crippen LogP contribution in [-0.2, 0) is 6.18 Å². The zero-order chi connectivity index (χ0) is 19.7. The minimum absolute atomic E-state index is 0.128. The maximum Gasteiger partial charge on any atom is 0.417 e. The number of hydrogen-bond acceptors (Lipinski definition) is 5. The molecule has 0 N–H and O–H groups in total. The summed E-state index contributed by atoms with van der Waals surface area (Å²) in [6.07, 6.45) is -1.72. The van der Waals surface area contributed by atoms with E-state index in [0.29, 0.717) is 36.7 Å². The largest absolute Gasteiger partial charge is 0.462 e. The van der Waals surface area contributed by atoms with E-state index in [4.69, 9.17) is 4.42 Å². The van der Waals surface area contributed by atoms with E-state index in [-0.39, 0.29) is 11.5 Å². The Morgan fingerprint density at radius 1 is 1.11 bits per heavy atom. The minimum atomic E-state index is -4.56. The maximum atomic E-state index is 13.2. The van der Waals surface area contributed by atoms with Gasteiger partial charge in [-0.25, -0.2) is 0 Å². The van der Waals surface area contributed by atoms with Crippen LogP contribution in [0.2, 0.25) is 0 Å². The fourth-order valence-electron chi connectivity index (χ4n) is 3.32. The summed E-state index contributed by atoms with van der Waals surface area (Å²) in [5, 5.41) is 9.92. The van der Waals surface area contributed by atoms with Crippen LogP contribution in [0.5, 0.6) is 0 Å². The lowest BCUT2D eigenvalue weighted by Crippen LogP contribution is -2.38. The van der Waals surface area contributed by atoms with Gasteiger partial charge >= 0.3 is 6.18 Å². The number of amides is 1. The van der Waals surface area contributed by atoms with Crippen LogP contribution < -0.4 is 0 Å². The predicted octanol–water partition coefficient (Wildman–Crippen LogP) is 4.84. The third-order valence-electron chi connectivity index (χ3n) is 4.77. The van der Waals surface area contributed by atoms with Crippen LogP contribution in [0.25, 0.3) is 10.8 Å². The Bertz CT molecular complexity index is 961. The third-order valence-corrected chi connectivity index (χ3v) is 5.87. The summed E-state index contributed by atoms with van der Waals surface area (Å²) in [6, 6.07) is 8.50. The molecule has 1 aliphatic rings. The van der Waals surface area contributed by atoms with Crippen molar-refractivity contribution in [3.05, 3.63) is 58.8 Å². The summed E-state index contributed by atoms with van der Waals surface area (Å²) in [4.78, 5) is 14.1. The van der Waals surface area contributed by atoms with Gasteiger partial charge < -0.3 is 9.32 Å². The molecule has 9 heteroatoms. The van der Waals surface area contributed by atoms with Crippen molar-refractivity contribution in [1.82, 2.24) is 15.1 Å². The highest BCUT2D eigenvalue weighted by atomic mass is 32.1. The molecule has 146 valence electrons. The molecule has 0 saturated carbocycles. The number of carbonyl (C=O) groups excluding carboxylic acids is 1.